The lowest BCUT2D eigenvalue weighted by Gasteiger charge is -2.42. The van der Waals surface area contributed by atoms with Gasteiger partial charge >= 0.3 is 0 Å². The lowest BCUT2D eigenvalue weighted by atomic mass is 9.76. The van der Waals surface area contributed by atoms with Gasteiger partial charge < -0.3 is 14.4 Å². The number of rotatable bonds is 4. The Balaban J connectivity index is 1.23. The molecule has 0 radical (unpaired) electrons. The largest absolute Gasteiger partial charge is 0.373 e. The average molecular weight is 377 g/mol. The fourth-order valence-corrected chi connectivity index (χ4v) is 4.41. The zero-order chi connectivity index (χ0) is 19.1. The van der Waals surface area contributed by atoms with E-state index in [1.165, 1.54) is 0 Å². The van der Waals surface area contributed by atoms with Gasteiger partial charge in [0, 0.05) is 43.2 Å². The molecule has 0 aromatic carbocycles. The first-order valence-corrected chi connectivity index (χ1v) is 9.41. The zero-order valence-corrected chi connectivity index (χ0v) is 15.2. The first kappa shape index (κ1) is 17.2. The number of pyridine rings is 1. The maximum atomic E-state index is 13.1. The molecule has 1 aliphatic carbocycles. The van der Waals surface area contributed by atoms with Crippen LogP contribution >= 0.6 is 0 Å². The fraction of sp³-hybridized carbons (Fsp3) is 0.450. The summed E-state index contributed by atoms with van der Waals surface area (Å²) in [6.07, 6.45) is 10.7. The van der Waals surface area contributed by atoms with Crippen LogP contribution in [0.15, 0.2) is 37.1 Å². The Kier molecular flexibility index (Phi) is 4.07. The minimum absolute atomic E-state index is 0.0320. The summed E-state index contributed by atoms with van der Waals surface area (Å²) in [5.74, 6) is 0.0320. The van der Waals surface area contributed by atoms with E-state index in [2.05, 4.69) is 21.0 Å². The van der Waals surface area contributed by atoms with Crippen molar-refractivity contribution in [3.8, 4) is 6.07 Å². The van der Waals surface area contributed by atoms with Gasteiger partial charge in [0.05, 0.1) is 42.3 Å². The lowest BCUT2D eigenvalue weighted by Crippen LogP contribution is -2.54. The van der Waals surface area contributed by atoms with Crippen LogP contribution in [0.2, 0.25) is 0 Å². The summed E-state index contributed by atoms with van der Waals surface area (Å²) < 4.78 is 12.1. The fourth-order valence-electron chi connectivity index (χ4n) is 4.41. The van der Waals surface area contributed by atoms with Gasteiger partial charge in [0.1, 0.15) is 6.23 Å². The number of amides is 1. The molecule has 5 rings (SSSR count). The third-order valence-electron chi connectivity index (χ3n) is 5.86. The molecule has 4 heterocycles. The zero-order valence-electron chi connectivity index (χ0n) is 15.2. The minimum atomic E-state index is -0.775. The Bertz CT molecular complexity index is 938. The Labute approximate surface area is 162 Å². The maximum absolute atomic E-state index is 13.1. The molecule has 0 N–H and O–H groups in total. The van der Waals surface area contributed by atoms with Gasteiger partial charge in [-0.2, -0.15) is 5.26 Å². The standard InChI is InChI=1S/C20H19N5O3/c21-9-13-3-4-22-10-14(13)12-27-15-7-20(8-15)19(26)25-17(1-2-18(25)28-20)16-11-23-5-6-24-16/h3-6,10-11,15,17-18H,1-2,7-8,12H2/t15?,17-,18?,20?/m0/s1. The van der Waals surface area contributed by atoms with Crippen molar-refractivity contribution in [1.82, 2.24) is 19.9 Å². The molecular weight excluding hydrogens is 358 g/mol. The number of hydrogen-bond donors (Lipinski definition) is 0. The number of fused-ring (bicyclic) bond motifs is 1. The van der Waals surface area contributed by atoms with Gasteiger partial charge in [-0.1, -0.05) is 0 Å². The number of ether oxygens (including phenoxy) is 2. The SMILES string of the molecule is N#Cc1ccncc1COC1CC2(C1)OC1CC[C@@H](c3cnccn3)N1C2=O. The molecule has 0 bridgehead atoms. The molecule has 2 aliphatic heterocycles. The third-order valence-corrected chi connectivity index (χ3v) is 5.86. The molecule has 2 saturated heterocycles. The molecule has 3 aliphatic rings. The number of carbonyl (C=O) groups is 1. The number of nitriles is 1. The molecule has 2 atom stereocenters. The summed E-state index contributed by atoms with van der Waals surface area (Å²) in [6.45, 7) is 0.307. The quantitative estimate of drug-likeness (QED) is 0.802. The van der Waals surface area contributed by atoms with Crippen molar-refractivity contribution in [3.63, 3.8) is 0 Å². The molecule has 8 heteroatoms. The highest BCUT2D eigenvalue weighted by Crippen LogP contribution is 2.51. The minimum Gasteiger partial charge on any atom is -0.373 e. The van der Waals surface area contributed by atoms with Crippen LogP contribution in [-0.2, 0) is 20.9 Å². The number of hydrogen-bond acceptors (Lipinski definition) is 7. The van der Waals surface area contributed by atoms with Crippen LogP contribution in [-0.4, -0.2) is 43.7 Å². The van der Waals surface area contributed by atoms with Crippen LogP contribution in [0, 0.1) is 11.3 Å². The smallest absolute Gasteiger partial charge is 0.257 e. The predicted molar refractivity (Wildman–Crippen MR) is 95.2 cm³/mol. The van der Waals surface area contributed by atoms with E-state index >= 15 is 0 Å². The van der Waals surface area contributed by atoms with E-state index in [0.717, 1.165) is 24.1 Å². The summed E-state index contributed by atoms with van der Waals surface area (Å²) in [6, 6.07) is 3.74. The van der Waals surface area contributed by atoms with Crippen LogP contribution in [0.25, 0.3) is 0 Å². The molecule has 1 amide bonds. The van der Waals surface area contributed by atoms with Crippen LogP contribution in [0.1, 0.15) is 48.5 Å². The summed E-state index contributed by atoms with van der Waals surface area (Å²) in [5, 5.41) is 9.15. The van der Waals surface area contributed by atoms with Crippen molar-refractivity contribution < 1.29 is 14.3 Å². The Morgan fingerprint density at radius 3 is 2.89 bits per heavy atom. The molecule has 3 fully saturated rings. The summed E-state index contributed by atoms with van der Waals surface area (Å²) in [7, 11) is 0. The summed E-state index contributed by atoms with van der Waals surface area (Å²) in [4.78, 5) is 27.5. The van der Waals surface area contributed by atoms with Gasteiger partial charge in [0.15, 0.2) is 5.60 Å². The molecule has 1 saturated carbocycles. The van der Waals surface area contributed by atoms with Gasteiger partial charge in [0.25, 0.3) is 5.91 Å². The molecule has 2 aromatic rings. The van der Waals surface area contributed by atoms with E-state index in [9.17, 15) is 4.79 Å². The van der Waals surface area contributed by atoms with E-state index in [4.69, 9.17) is 14.7 Å². The average Bonchev–Trinajstić information content (AvgIpc) is 3.24. The van der Waals surface area contributed by atoms with E-state index in [1.54, 1.807) is 37.1 Å². The van der Waals surface area contributed by atoms with Crippen molar-refractivity contribution in [2.24, 2.45) is 0 Å². The molecule has 28 heavy (non-hydrogen) atoms. The first-order chi connectivity index (χ1) is 13.7. The van der Waals surface area contributed by atoms with Gasteiger partial charge in [-0.05, 0) is 18.9 Å². The number of carbonyl (C=O) groups excluding carboxylic acids is 1. The van der Waals surface area contributed by atoms with Gasteiger partial charge in [-0.15, -0.1) is 0 Å². The topological polar surface area (TPSA) is 101 Å². The van der Waals surface area contributed by atoms with Gasteiger partial charge in [-0.25, -0.2) is 0 Å². The lowest BCUT2D eigenvalue weighted by molar-refractivity contribution is -0.177. The van der Waals surface area contributed by atoms with E-state index in [1.807, 2.05) is 4.90 Å². The Hall–Kier alpha value is -2.89. The molecule has 2 aromatic heterocycles. The monoisotopic (exact) mass is 377 g/mol. The van der Waals surface area contributed by atoms with Crippen molar-refractivity contribution >= 4 is 5.91 Å². The van der Waals surface area contributed by atoms with Crippen molar-refractivity contribution in [2.45, 2.75) is 56.3 Å². The molecule has 1 spiro atoms. The molecule has 142 valence electrons. The summed E-state index contributed by atoms with van der Waals surface area (Å²) >= 11 is 0. The second-order valence-electron chi connectivity index (χ2n) is 7.49. The van der Waals surface area contributed by atoms with E-state index < -0.39 is 5.60 Å². The van der Waals surface area contributed by atoms with Gasteiger partial charge in [-0.3, -0.25) is 19.7 Å². The second kappa shape index (κ2) is 6.62. The normalized spacial score (nSPS) is 30.9. The van der Waals surface area contributed by atoms with Crippen molar-refractivity contribution in [1.29, 1.82) is 5.26 Å². The van der Waals surface area contributed by atoms with Gasteiger partial charge in [0.2, 0.25) is 0 Å². The van der Waals surface area contributed by atoms with E-state index in [0.29, 0.717) is 25.0 Å². The molecule has 1 unspecified atom stereocenters. The van der Waals surface area contributed by atoms with Crippen molar-refractivity contribution in [3.05, 3.63) is 53.9 Å². The van der Waals surface area contributed by atoms with Crippen LogP contribution < -0.4 is 0 Å². The first-order valence-electron chi connectivity index (χ1n) is 9.41. The highest BCUT2D eigenvalue weighted by Gasteiger charge is 2.63. The van der Waals surface area contributed by atoms with E-state index in [-0.39, 0.29) is 24.3 Å². The van der Waals surface area contributed by atoms with Crippen LogP contribution in [0.5, 0.6) is 0 Å². The third kappa shape index (κ3) is 2.66. The predicted octanol–water partition coefficient (Wildman–Crippen LogP) is 1.88. The highest BCUT2D eigenvalue weighted by atomic mass is 16.6. The highest BCUT2D eigenvalue weighted by molar-refractivity contribution is 5.89. The maximum Gasteiger partial charge on any atom is 0.257 e. The Morgan fingerprint density at radius 2 is 2.11 bits per heavy atom. The van der Waals surface area contributed by atoms with Crippen LogP contribution in [0.4, 0.5) is 0 Å². The van der Waals surface area contributed by atoms with Crippen LogP contribution in [0.3, 0.4) is 0 Å². The second-order valence-corrected chi connectivity index (χ2v) is 7.49. The molecule has 8 nitrogen and oxygen atoms in total. The number of nitrogens with zero attached hydrogens (tertiary/aromatic N) is 5. The Morgan fingerprint density at radius 1 is 1.25 bits per heavy atom. The molecular formula is C20H19N5O3. The summed E-state index contributed by atoms with van der Waals surface area (Å²) in [5.41, 5.74) is 1.35. The number of aromatic nitrogens is 3. The van der Waals surface area contributed by atoms with Crippen molar-refractivity contribution in [2.75, 3.05) is 0 Å².